The van der Waals surface area contributed by atoms with E-state index in [9.17, 15) is 0 Å². The molecule has 700 valence electrons. The van der Waals surface area contributed by atoms with Gasteiger partial charge in [-0.15, -0.1) is 0 Å². The van der Waals surface area contributed by atoms with Gasteiger partial charge in [0.05, 0.1) is 22.1 Å². The monoisotopic (exact) mass is 1840 g/mol. The summed E-state index contributed by atoms with van der Waals surface area (Å²) in [6.07, 6.45) is 36.3. The van der Waals surface area contributed by atoms with Crippen molar-refractivity contribution in [1.82, 2.24) is 9.13 Å². The summed E-state index contributed by atoms with van der Waals surface area (Å²) < 4.78 is 5.08. The summed E-state index contributed by atoms with van der Waals surface area (Å²) in [6, 6.07) is 137. The van der Waals surface area contributed by atoms with Crippen LogP contribution in [0.5, 0.6) is 0 Å². The fourth-order valence-electron chi connectivity index (χ4n) is 29.5. The van der Waals surface area contributed by atoms with Crippen LogP contribution >= 0.6 is 0 Å². The second kappa shape index (κ2) is 34.9. The summed E-state index contributed by atoms with van der Waals surface area (Å²) in [4.78, 5) is 9.90. The number of fused-ring (bicyclic) bond motifs is 10. The minimum atomic E-state index is 0.219. The lowest BCUT2D eigenvalue weighted by atomic mass is 9.41. The van der Waals surface area contributed by atoms with Crippen LogP contribution < -0.4 is 19.6 Å². The molecule has 8 fully saturated rings. The van der Waals surface area contributed by atoms with Gasteiger partial charge in [-0.2, -0.15) is 0 Å². The number of aryl methyl sites for hydroxylation is 10. The molecular weight excluding hydrogens is 1720 g/mol. The van der Waals surface area contributed by atoms with Gasteiger partial charge in [0.15, 0.2) is 0 Å². The molecule has 6 nitrogen and oxygen atoms in total. The maximum atomic E-state index is 4.06. The third-order valence-electron chi connectivity index (χ3n) is 36.1. The normalized spacial score (nSPS) is 21.4. The second-order valence-electron chi connectivity index (χ2n) is 44.6. The Morgan fingerprint density at radius 2 is 0.493 bits per heavy atom. The van der Waals surface area contributed by atoms with Crippen molar-refractivity contribution in [3.63, 3.8) is 0 Å². The highest BCUT2D eigenvalue weighted by molar-refractivity contribution is 6.14. The molecule has 0 spiro atoms. The second-order valence-corrected chi connectivity index (χ2v) is 44.6. The Morgan fingerprint density at radius 3 is 0.754 bits per heavy atom. The van der Waals surface area contributed by atoms with Gasteiger partial charge in [0.1, 0.15) is 0 Å². The lowest BCUT2D eigenvalue weighted by Crippen LogP contribution is -2.55. The van der Waals surface area contributed by atoms with Crippen LogP contribution in [0.3, 0.4) is 0 Å². The Kier molecular flexibility index (Phi) is 21.3. The Bertz CT molecular complexity index is 7660. The molecule has 16 aromatic carbocycles. The minimum absolute atomic E-state index is 0.219. The molecule has 8 bridgehead atoms. The average Bonchev–Trinajstić information content (AvgIpc) is 0.915. The van der Waals surface area contributed by atoms with Gasteiger partial charge >= 0.3 is 0 Å². The van der Waals surface area contributed by atoms with Crippen molar-refractivity contribution in [2.24, 2.45) is 23.7 Å². The van der Waals surface area contributed by atoms with Gasteiger partial charge in [0.2, 0.25) is 0 Å². The maximum absolute atomic E-state index is 4.06. The number of aromatic nitrogens is 2. The predicted octanol–water partition coefficient (Wildman–Crippen LogP) is 35.4. The van der Waals surface area contributed by atoms with Crippen LogP contribution in [-0.2, 0) is 85.9 Å². The van der Waals surface area contributed by atoms with Gasteiger partial charge in [0, 0.05) is 101 Å². The van der Waals surface area contributed by atoms with E-state index in [0.717, 1.165) is 79.3 Å². The van der Waals surface area contributed by atoms with Gasteiger partial charge < -0.3 is 28.7 Å². The average molecular weight is 1840 g/mol. The van der Waals surface area contributed by atoms with Crippen LogP contribution in [0.4, 0.5) is 68.2 Å². The van der Waals surface area contributed by atoms with Gasteiger partial charge in [0.25, 0.3) is 0 Å². The van der Waals surface area contributed by atoms with E-state index in [4.69, 9.17) is 0 Å². The molecule has 0 amide bonds. The van der Waals surface area contributed by atoms with Gasteiger partial charge in [-0.3, -0.25) is 0 Å². The van der Waals surface area contributed by atoms with E-state index in [-0.39, 0.29) is 21.7 Å². The van der Waals surface area contributed by atoms with Crippen molar-refractivity contribution in [3.05, 3.63) is 454 Å². The van der Waals surface area contributed by atoms with Gasteiger partial charge in [-0.05, 0) is 483 Å². The molecule has 4 unspecified atom stereocenters. The molecule has 0 saturated heterocycles. The quantitative estimate of drug-likeness (QED) is 0.0539. The SMILES string of the molecule is C=Cc1ccc(C23CC4CC(C2)CC(c2ccc(-n5c6ccc(N(c7ccc(CCCC)cc7)c7ccc8c(c7)CC8)cc6c6cc(N(c7ccc(CCCC)cc7)c7ccc8c(c7)CC8)ccc65)cc2)(C4)C3)cc1.C=Cc1ccc(C23CC4CC(C2)CC(c2ccc(-n5c6ccc(N(c7ccccc7)c7ccccc7)cc6c6cc(N(c7ccc8c(c7)CC8)c7ccc8c(c7)CC8)ccc65)cc2)(C4)C3)cc1. The third kappa shape index (κ3) is 15.0. The van der Waals surface area contributed by atoms with Crippen LogP contribution in [0.1, 0.15) is 206 Å². The predicted molar refractivity (Wildman–Crippen MR) is 596 cm³/mol. The van der Waals surface area contributed by atoms with E-state index in [1.54, 1.807) is 16.7 Å². The smallest absolute Gasteiger partial charge is 0.0542 e. The lowest BCUT2D eigenvalue weighted by molar-refractivity contribution is -0.0283. The van der Waals surface area contributed by atoms with Crippen molar-refractivity contribution in [1.29, 1.82) is 0 Å². The van der Waals surface area contributed by atoms with E-state index in [0.29, 0.717) is 0 Å². The standard InChI is InChI=1S/C72H71N3.C64H55N3/c1-4-7-9-50-13-27-60(28-14-50)73(63-31-21-54-17-19-56(54)40-63)65-35-37-69-67(42-65)68-43-66(74(64-32-22-55-18-20-57(55)41-64)61-29-15-51(16-30-61)10-8-5-2)36-38-70(68)75(69)62-33-25-59(26-34-62)72-46-52-39-53(47-72)45-71(44-52,48-72)58-23-11-49(6-3)12-24-58;1-2-43-13-21-50(22-14-43)63-38-44-33-45(39-63)41-64(40-44,42-63)51-23-27-54(28-24-51)67-61-31-29-57(65(52-9-5-3-6-10-52)53-11-7-4-8-12-53)36-59(61)60-37-58(30-32-62(60)67)66(55-25-19-46-15-17-48(46)34-55)56-26-20-47-16-18-49(47)35-56/h6,11-16,21-38,40-43,52-53H,3-5,7-10,17-20,39,44-48H2,1-2H3;2-14,19-32,34-37,44-45H,1,15-18,33,38-42H2. The molecule has 12 aliphatic rings. The molecule has 0 aliphatic heterocycles. The first-order valence-electron chi connectivity index (χ1n) is 53.7. The van der Waals surface area contributed by atoms with E-state index < -0.39 is 0 Å². The zero-order valence-electron chi connectivity index (χ0n) is 82.4. The number of para-hydroxylation sites is 2. The number of nitrogens with zero attached hydrogens (tertiary/aromatic N) is 6. The molecule has 2 aromatic heterocycles. The summed E-state index contributed by atoms with van der Waals surface area (Å²) in [5.41, 5.74) is 45.9. The Hall–Kier alpha value is -14.2. The van der Waals surface area contributed by atoms with Crippen LogP contribution in [0.2, 0.25) is 0 Å². The summed E-state index contributed by atoms with van der Waals surface area (Å²) in [5.74, 6) is 3.18. The molecule has 18 aromatic rings. The zero-order chi connectivity index (χ0) is 94.5. The number of hydrogen-bond acceptors (Lipinski definition) is 4. The van der Waals surface area contributed by atoms with Gasteiger partial charge in [-0.25, -0.2) is 0 Å². The lowest BCUT2D eigenvalue weighted by Gasteiger charge is -2.63. The Morgan fingerprint density at radius 1 is 0.254 bits per heavy atom. The van der Waals surface area contributed by atoms with Crippen molar-refractivity contribution in [2.75, 3.05) is 19.6 Å². The largest absolute Gasteiger partial charge is 0.310 e. The van der Waals surface area contributed by atoms with Crippen molar-refractivity contribution >= 4 is 124 Å². The highest BCUT2D eigenvalue weighted by Gasteiger charge is 2.60. The molecule has 2 heterocycles. The fraction of sp³-hybridized carbons (Fsp3) is 0.265. The molecule has 8 saturated carbocycles. The van der Waals surface area contributed by atoms with Crippen LogP contribution in [0, 0.1) is 23.7 Å². The van der Waals surface area contributed by atoms with E-state index in [1.165, 1.54) is 307 Å². The first-order valence-corrected chi connectivity index (χ1v) is 53.7. The number of anilines is 12. The number of rotatable bonds is 26. The van der Waals surface area contributed by atoms with Crippen LogP contribution in [-0.4, -0.2) is 9.13 Å². The molecule has 12 aliphatic carbocycles. The first-order chi connectivity index (χ1) is 69.9. The molecule has 6 heteroatoms. The van der Waals surface area contributed by atoms with Gasteiger partial charge in [-0.1, -0.05) is 210 Å². The Labute approximate surface area is 838 Å². The summed E-state index contributed by atoms with van der Waals surface area (Å²) in [7, 11) is 0. The van der Waals surface area contributed by atoms with E-state index in [2.05, 4.69) is 408 Å². The molecule has 30 rings (SSSR count). The minimum Gasteiger partial charge on any atom is -0.310 e. The summed E-state index contributed by atoms with van der Waals surface area (Å²) in [6.45, 7) is 12.7. The number of benzene rings is 16. The van der Waals surface area contributed by atoms with Crippen molar-refractivity contribution in [3.8, 4) is 11.4 Å². The van der Waals surface area contributed by atoms with Crippen molar-refractivity contribution < 1.29 is 0 Å². The fourth-order valence-corrected chi connectivity index (χ4v) is 29.5. The first kappa shape index (κ1) is 86.9. The van der Waals surface area contributed by atoms with E-state index >= 15 is 0 Å². The number of hydrogen-bond donors (Lipinski definition) is 0. The number of unbranched alkanes of at least 4 members (excludes halogenated alkanes) is 2. The van der Waals surface area contributed by atoms with Crippen molar-refractivity contribution in [2.45, 2.75) is 202 Å². The zero-order valence-corrected chi connectivity index (χ0v) is 82.4. The molecular formula is C136H126N6. The van der Waals surface area contributed by atoms with E-state index in [1.807, 2.05) is 12.2 Å². The Balaban J connectivity index is 0.000000143. The maximum Gasteiger partial charge on any atom is 0.0542 e. The molecule has 0 N–H and O–H groups in total. The molecule has 0 radical (unpaired) electrons. The van der Waals surface area contributed by atoms with Crippen LogP contribution in [0.15, 0.2) is 365 Å². The molecule has 142 heavy (non-hydrogen) atoms. The van der Waals surface area contributed by atoms with Crippen LogP contribution in [0.25, 0.3) is 67.1 Å². The summed E-state index contributed by atoms with van der Waals surface area (Å²) in [5, 5.41) is 5.02. The summed E-state index contributed by atoms with van der Waals surface area (Å²) >= 11 is 0. The third-order valence-corrected chi connectivity index (χ3v) is 36.1. The molecule has 4 atom stereocenters. The highest BCUT2D eigenvalue weighted by atomic mass is 15.2. The topological polar surface area (TPSA) is 22.8 Å². The highest BCUT2D eigenvalue weighted by Crippen LogP contribution is 2.69.